The first-order valence-electron chi connectivity index (χ1n) is 6.35. The highest BCUT2D eigenvalue weighted by Gasteiger charge is 2.17. The summed E-state index contributed by atoms with van der Waals surface area (Å²) in [6.45, 7) is 8.35. The average Bonchev–Trinajstić information content (AvgIpc) is 2.36. The van der Waals surface area contributed by atoms with E-state index in [1.54, 1.807) is 6.07 Å². The van der Waals surface area contributed by atoms with Crippen molar-refractivity contribution in [2.75, 3.05) is 18.5 Å². The number of pyridine rings is 1. The van der Waals surface area contributed by atoms with Crippen molar-refractivity contribution in [3.63, 3.8) is 0 Å². The molecular formula is C14H22N2O3. The largest absolute Gasteiger partial charge is 0.478 e. The third-order valence-electron chi connectivity index (χ3n) is 2.86. The molecule has 0 fully saturated rings. The van der Waals surface area contributed by atoms with Gasteiger partial charge in [-0.1, -0.05) is 27.7 Å². The lowest BCUT2D eigenvalue weighted by atomic mass is 9.95. The zero-order valence-electron chi connectivity index (χ0n) is 11.9. The van der Waals surface area contributed by atoms with Crippen LogP contribution in [0.2, 0.25) is 0 Å². The van der Waals surface area contributed by atoms with Crippen LogP contribution >= 0.6 is 0 Å². The first kappa shape index (κ1) is 15.4. The number of hydrogen-bond acceptors (Lipinski definition) is 4. The second-order valence-corrected chi connectivity index (χ2v) is 5.80. The Morgan fingerprint density at radius 2 is 2.05 bits per heavy atom. The number of aromatic nitrogens is 1. The molecule has 3 N–H and O–H groups in total. The number of nitrogens with one attached hydrogen (secondary N) is 1. The summed E-state index contributed by atoms with van der Waals surface area (Å²) in [6, 6.07) is 3.11. The Labute approximate surface area is 113 Å². The van der Waals surface area contributed by atoms with Gasteiger partial charge in [0, 0.05) is 24.3 Å². The predicted molar refractivity (Wildman–Crippen MR) is 74.6 cm³/mol. The Bertz CT molecular complexity index is 456. The van der Waals surface area contributed by atoms with E-state index in [1.165, 1.54) is 6.07 Å². The van der Waals surface area contributed by atoms with Gasteiger partial charge in [-0.05, 0) is 18.1 Å². The fourth-order valence-corrected chi connectivity index (χ4v) is 1.45. The Kier molecular flexibility index (Phi) is 4.89. The average molecular weight is 266 g/mol. The van der Waals surface area contributed by atoms with Crippen molar-refractivity contribution in [3.8, 4) is 0 Å². The van der Waals surface area contributed by atoms with E-state index < -0.39 is 5.97 Å². The molecule has 0 amide bonds. The van der Waals surface area contributed by atoms with E-state index in [0.717, 1.165) is 5.69 Å². The first-order chi connectivity index (χ1) is 8.75. The molecule has 0 bridgehead atoms. The molecule has 0 saturated carbocycles. The van der Waals surface area contributed by atoms with Crippen molar-refractivity contribution in [2.24, 2.45) is 5.41 Å². The maximum atomic E-state index is 11.1. The first-order valence-corrected chi connectivity index (χ1v) is 6.35. The summed E-state index contributed by atoms with van der Waals surface area (Å²) in [5.41, 5.74) is 0.686. The third-order valence-corrected chi connectivity index (χ3v) is 2.86. The van der Waals surface area contributed by atoms with Gasteiger partial charge in [0.2, 0.25) is 0 Å². The summed E-state index contributed by atoms with van der Waals surface area (Å²) in [5, 5.41) is 21.4. The Morgan fingerprint density at radius 3 is 2.53 bits per heavy atom. The van der Waals surface area contributed by atoms with Crippen molar-refractivity contribution in [1.29, 1.82) is 0 Å². The molecule has 5 heteroatoms. The quantitative estimate of drug-likeness (QED) is 0.736. The number of carbonyl (C=O) groups is 1. The van der Waals surface area contributed by atoms with Gasteiger partial charge in [0.25, 0.3) is 0 Å². The van der Waals surface area contributed by atoms with Crippen molar-refractivity contribution < 1.29 is 15.0 Å². The van der Waals surface area contributed by atoms with E-state index in [2.05, 4.69) is 10.3 Å². The number of carboxylic acid groups (broad SMARTS) is 1. The lowest BCUT2D eigenvalue weighted by molar-refractivity contribution is 0.0696. The van der Waals surface area contributed by atoms with Crippen LogP contribution in [0.3, 0.4) is 0 Å². The maximum Gasteiger partial charge on any atom is 0.335 e. The van der Waals surface area contributed by atoms with Crippen molar-refractivity contribution in [2.45, 2.75) is 33.6 Å². The van der Waals surface area contributed by atoms with Crippen LogP contribution in [0.1, 0.15) is 49.7 Å². The van der Waals surface area contributed by atoms with Crippen LogP contribution < -0.4 is 5.32 Å². The summed E-state index contributed by atoms with van der Waals surface area (Å²) >= 11 is 0. The molecule has 0 unspecified atom stereocenters. The maximum absolute atomic E-state index is 11.1. The van der Waals surface area contributed by atoms with E-state index in [1.807, 2.05) is 27.7 Å². The molecule has 0 aliphatic heterocycles. The number of aliphatic hydroxyl groups is 1. The standard InChI is InChI=1S/C14H22N2O3/c1-9(2)11-5-10(13(18)19)6-12(16-11)15-7-14(3,4)8-17/h5-6,9,17H,7-8H2,1-4H3,(H,15,16)(H,18,19). The minimum absolute atomic E-state index is 0.0512. The van der Waals surface area contributed by atoms with Gasteiger partial charge in [-0.25, -0.2) is 9.78 Å². The summed E-state index contributed by atoms with van der Waals surface area (Å²) in [4.78, 5) is 15.5. The molecule has 0 aromatic carbocycles. The van der Waals surface area contributed by atoms with E-state index in [0.29, 0.717) is 12.4 Å². The van der Waals surface area contributed by atoms with Gasteiger partial charge in [-0.3, -0.25) is 0 Å². The smallest absolute Gasteiger partial charge is 0.335 e. The molecule has 0 radical (unpaired) electrons. The van der Waals surface area contributed by atoms with Crippen LogP contribution in [0.15, 0.2) is 12.1 Å². The summed E-state index contributed by atoms with van der Waals surface area (Å²) < 4.78 is 0. The number of aliphatic hydroxyl groups excluding tert-OH is 1. The zero-order chi connectivity index (χ0) is 14.6. The highest BCUT2D eigenvalue weighted by Crippen LogP contribution is 2.20. The lowest BCUT2D eigenvalue weighted by Gasteiger charge is -2.22. The monoisotopic (exact) mass is 266 g/mol. The summed E-state index contributed by atoms with van der Waals surface area (Å²) in [7, 11) is 0. The molecule has 5 nitrogen and oxygen atoms in total. The van der Waals surface area contributed by atoms with E-state index in [9.17, 15) is 9.90 Å². The Hall–Kier alpha value is -1.62. The third kappa shape index (κ3) is 4.52. The molecule has 0 aliphatic carbocycles. The second-order valence-electron chi connectivity index (χ2n) is 5.80. The predicted octanol–water partition coefficient (Wildman–Crippen LogP) is 2.33. The molecule has 0 aliphatic rings. The van der Waals surface area contributed by atoms with Gasteiger partial charge in [0.15, 0.2) is 0 Å². The molecule has 0 atom stereocenters. The highest BCUT2D eigenvalue weighted by molar-refractivity contribution is 5.88. The second kappa shape index (κ2) is 6.02. The SMILES string of the molecule is CC(C)c1cc(C(=O)O)cc(NCC(C)(C)CO)n1. The van der Waals surface area contributed by atoms with Crippen molar-refractivity contribution in [1.82, 2.24) is 4.98 Å². The number of carboxylic acids is 1. The number of hydrogen-bond donors (Lipinski definition) is 3. The molecule has 0 saturated heterocycles. The van der Waals surface area contributed by atoms with Gasteiger partial charge in [-0.15, -0.1) is 0 Å². The van der Waals surface area contributed by atoms with Gasteiger partial charge < -0.3 is 15.5 Å². The minimum Gasteiger partial charge on any atom is -0.478 e. The van der Waals surface area contributed by atoms with Gasteiger partial charge >= 0.3 is 5.97 Å². The zero-order valence-corrected chi connectivity index (χ0v) is 11.9. The van der Waals surface area contributed by atoms with Crippen LogP contribution in [0.25, 0.3) is 0 Å². The fourth-order valence-electron chi connectivity index (χ4n) is 1.45. The normalized spacial score (nSPS) is 11.7. The van der Waals surface area contributed by atoms with Crippen LogP contribution in [-0.4, -0.2) is 34.3 Å². The molecule has 1 rings (SSSR count). The van der Waals surface area contributed by atoms with Crippen LogP contribution in [0.5, 0.6) is 0 Å². The molecule has 0 spiro atoms. The molecule has 1 aromatic rings. The van der Waals surface area contributed by atoms with Crippen LogP contribution in [-0.2, 0) is 0 Å². The molecule has 106 valence electrons. The van der Waals surface area contributed by atoms with Crippen molar-refractivity contribution in [3.05, 3.63) is 23.4 Å². The minimum atomic E-state index is -0.964. The molecular weight excluding hydrogens is 244 g/mol. The Balaban J connectivity index is 2.97. The van der Waals surface area contributed by atoms with E-state index in [-0.39, 0.29) is 23.5 Å². The number of nitrogens with zero attached hydrogens (tertiary/aromatic N) is 1. The van der Waals surface area contributed by atoms with Gasteiger partial charge in [0.1, 0.15) is 5.82 Å². The van der Waals surface area contributed by atoms with Crippen molar-refractivity contribution >= 4 is 11.8 Å². The highest BCUT2D eigenvalue weighted by atomic mass is 16.4. The number of rotatable bonds is 6. The topological polar surface area (TPSA) is 82.5 Å². The van der Waals surface area contributed by atoms with Gasteiger partial charge in [0.05, 0.1) is 5.56 Å². The van der Waals surface area contributed by atoms with Crippen LogP contribution in [0, 0.1) is 5.41 Å². The fraction of sp³-hybridized carbons (Fsp3) is 0.571. The molecule has 19 heavy (non-hydrogen) atoms. The van der Waals surface area contributed by atoms with E-state index in [4.69, 9.17) is 5.11 Å². The summed E-state index contributed by atoms with van der Waals surface area (Å²) in [5.74, 6) is -0.274. The molecule has 1 aromatic heterocycles. The summed E-state index contributed by atoms with van der Waals surface area (Å²) in [6.07, 6.45) is 0. The number of anilines is 1. The number of aromatic carboxylic acids is 1. The molecule has 1 heterocycles. The van der Waals surface area contributed by atoms with Gasteiger partial charge in [-0.2, -0.15) is 0 Å². The Morgan fingerprint density at radius 1 is 1.42 bits per heavy atom. The van der Waals surface area contributed by atoms with Crippen LogP contribution in [0.4, 0.5) is 5.82 Å². The lowest BCUT2D eigenvalue weighted by Crippen LogP contribution is -2.27. The van der Waals surface area contributed by atoms with E-state index >= 15 is 0 Å².